The molecule has 3 aromatic rings. The van der Waals surface area contributed by atoms with E-state index in [9.17, 15) is 4.79 Å². The van der Waals surface area contributed by atoms with Crippen molar-refractivity contribution in [2.75, 3.05) is 12.1 Å². The molecule has 2 N–H and O–H groups in total. The van der Waals surface area contributed by atoms with Crippen molar-refractivity contribution >= 4 is 44.9 Å². The molecule has 0 saturated carbocycles. The Morgan fingerprint density at radius 2 is 1.89 bits per heavy atom. The van der Waals surface area contributed by atoms with Crippen molar-refractivity contribution in [1.82, 2.24) is 10.2 Å². The van der Waals surface area contributed by atoms with Crippen LogP contribution in [-0.4, -0.2) is 28.4 Å². The lowest BCUT2D eigenvalue weighted by Crippen LogP contribution is -2.71. The van der Waals surface area contributed by atoms with Crippen LogP contribution < -0.4 is 24.8 Å². The number of ether oxygens (including phenoxy) is 3. The number of aryl methyl sites for hydroxylation is 2. The normalized spacial score (nSPS) is 23.1. The van der Waals surface area contributed by atoms with Crippen LogP contribution in [0.2, 0.25) is 0 Å². The summed E-state index contributed by atoms with van der Waals surface area (Å²) < 4.78 is 18.6. The van der Waals surface area contributed by atoms with Crippen molar-refractivity contribution in [3.05, 3.63) is 81.3 Å². The predicted octanol–water partition coefficient (Wildman–Crippen LogP) is 5.59. The van der Waals surface area contributed by atoms with Crippen LogP contribution in [0.25, 0.3) is 0 Å². The Balaban J connectivity index is 1.40. The molecule has 0 aliphatic carbocycles. The van der Waals surface area contributed by atoms with Gasteiger partial charge in [0.1, 0.15) is 11.7 Å². The molecule has 1 fully saturated rings. The molecule has 3 aliphatic heterocycles. The van der Waals surface area contributed by atoms with Gasteiger partial charge in [-0.3, -0.25) is 4.79 Å². The number of nitrogens with one attached hydrogen (secondary N) is 2. The molecule has 6 rings (SSSR count). The van der Waals surface area contributed by atoms with Gasteiger partial charge in [0, 0.05) is 22.3 Å². The molecule has 2 bridgehead atoms. The summed E-state index contributed by atoms with van der Waals surface area (Å²) in [6.07, 6.45) is 0. The molecule has 1 saturated heterocycles. The standard InChI is InChI=1S/C28H26BrN3O4S/c1-15-4-7-20(16(2)10-15)30-26(33)24-25-19-12-18(29)6-9-21(19)36-28(24,3)32(27(37)31-25)13-17-5-8-22-23(11-17)35-14-34-22/h4-12,24-25H,13-14H2,1-3H3,(H,30,33)(H,31,37)/t24-,25+,28-/m0/s1. The van der Waals surface area contributed by atoms with Gasteiger partial charge in [0.25, 0.3) is 0 Å². The van der Waals surface area contributed by atoms with Gasteiger partial charge in [-0.15, -0.1) is 0 Å². The molecule has 0 aromatic heterocycles. The van der Waals surface area contributed by atoms with Crippen LogP contribution in [0.5, 0.6) is 17.2 Å². The van der Waals surface area contributed by atoms with Crippen molar-refractivity contribution in [3.63, 3.8) is 0 Å². The third kappa shape index (κ3) is 4.10. The summed E-state index contributed by atoms with van der Waals surface area (Å²) in [5, 5.41) is 7.14. The lowest BCUT2D eigenvalue weighted by Gasteiger charge is -2.56. The molecule has 3 atom stereocenters. The second-order valence-corrected chi connectivity index (χ2v) is 11.1. The minimum atomic E-state index is -1.05. The van der Waals surface area contributed by atoms with Crippen LogP contribution in [0.15, 0.2) is 59.1 Å². The molecular weight excluding hydrogens is 554 g/mol. The minimum absolute atomic E-state index is 0.143. The molecule has 190 valence electrons. The third-order valence-electron chi connectivity index (χ3n) is 7.29. The summed E-state index contributed by atoms with van der Waals surface area (Å²) >= 11 is 9.42. The maximum Gasteiger partial charge on any atom is 0.236 e. The summed E-state index contributed by atoms with van der Waals surface area (Å²) in [4.78, 5) is 16.0. The van der Waals surface area contributed by atoms with Gasteiger partial charge in [-0.1, -0.05) is 39.7 Å². The largest absolute Gasteiger partial charge is 0.467 e. The van der Waals surface area contributed by atoms with E-state index in [2.05, 4.69) is 32.6 Å². The summed E-state index contributed by atoms with van der Waals surface area (Å²) in [6, 6.07) is 17.3. The topological polar surface area (TPSA) is 72.1 Å². The number of amides is 1. The molecule has 3 heterocycles. The van der Waals surface area contributed by atoms with E-state index in [4.69, 9.17) is 26.4 Å². The number of fused-ring (bicyclic) bond motifs is 5. The Hall–Kier alpha value is -3.30. The van der Waals surface area contributed by atoms with Gasteiger partial charge in [-0.2, -0.15) is 0 Å². The number of rotatable bonds is 4. The molecular formula is C28H26BrN3O4S. The Labute approximate surface area is 229 Å². The number of hydrogen-bond acceptors (Lipinski definition) is 5. The van der Waals surface area contributed by atoms with E-state index in [-0.39, 0.29) is 18.7 Å². The molecule has 0 radical (unpaired) electrons. The van der Waals surface area contributed by atoms with Gasteiger partial charge in [0.05, 0.1) is 6.04 Å². The zero-order chi connectivity index (χ0) is 25.9. The highest BCUT2D eigenvalue weighted by molar-refractivity contribution is 9.10. The number of carbonyl (C=O) groups is 1. The van der Waals surface area contributed by atoms with Crippen LogP contribution in [0.1, 0.15) is 35.2 Å². The van der Waals surface area contributed by atoms with Crippen LogP contribution in [0.4, 0.5) is 5.69 Å². The first-order valence-corrected chi connectivity index (χ1v) is 13.3. The lowest BCUT2D eigenvalue weighted by molar-refractivity contribution is -0.150. The maximum atomic E-state index is 14.0. The van der Waals surface area contributed by atoms with E-state index >= 15 is 0 Å². The second kappa shape index (κ2) is 8.92. The van der Waals surface area contributed by atoms with Crippen molar-refractivity contribution in [1.29, 1.82) is 0 Å². The summed E-state index contributed by atoms with van der Waals surface area (Å²) in [6.45, 7) is 6.60. The smallest absolute Gasteiger partial charge is 0.236 e. The predicted molar refractivity (Wildman–Crippen MR) is 148 cm³/mol. The van der Waals surface area contributed by atoms with E-state index in [1.54, 1.807) is 0 Å². The monoisotopic (exact) mass is 579 g/mol. The van der Waals surface area contributed by atoms with Crippen LogP contribution in [-0.2, 0) is 11.3 Å². The van der Waals surface area contributed by atoms with Gasteiger partial charge >= 0.3 is 0 Å². The first kappa shape index (κ1) is 24.1. The van der Waals surface area contributed by atoms with Crippen LogP contribution in [0.3, 0.4) is 0 Å². The fourth-order valence-electron chi connectivity index (χ4n) is 5.44. The van der Waals surface area contributed by atoms with Gasteiger partial charge < -0.3 is 29.7 Å². The van der Waals surface area contributed by atoms with Gasteiger partial charge in [-0.05, 0) is 80.5 Å². The van der Waals surface area contributed by atoms with E-state index < -0.39 is 11.6 Å². The van der Waals surface area contributed by atoms with Crippen LogP contribution in [0, 0.1) is 19.8 Å². The first-order valence-electron chi connectivity index (χ1n) is 12.1. The first-order chi connectivity index (χ1) is 17.7. The number of halogens is 1. The SMILES string of the molecule is Cc1ccc(NC(=O)[C@@H]2[C@@H]3NC(=S)N(Cc4ccc5c(c4)OCO5)[C@@]2(C)Oc2ccc(Br)cc23)c(C)c1. The number of carbonyl (C=O) groups excluding carboxylic acids is 1. The molecule has 0 unspecified atom stereocenters. The van der Waals surface area contributed by atoms with Gasteiger partial charge in [0.2, 0.25) is 12.7 Å². The molecule has 0 spiro atoms. The lowest BCUT2D eigenvalue weighted by atomic mass is 9.78. The minimum Gasteiger partial charge on any atom is -0.467 e. The van der Waals surface area contributed by atoms with E-state index in [1.807, 2.05) is 74.2 Å². The van der Waals surface area contributed by atoms with Gasteiger partial charge in [-0.25, -0.2) is 0 Å². The fraction of sp³-hybridized carbons (Fsp3) is 0.286. The average molecular weight is 581 g/mol. The summed E-state index contributed by atoms with van der Waals surface area (Å²) in [7, 11) is 0. The number of hydrogen-bond donors (Lipinski definition) is 2. The Kier molecular flexibility index (Phi) is 5.80. The Morgan fingerprint density at radius 1 is 1.11 bits per heavy atom. The summed E-state index contributed by atoms with van der Waals surface area (Å²) in [5.41, 5.74) is 3.73. The number of nitrogens with zero attached hydrogens (tertiary/aromatic N) is 1. The fourth-order valence-corrected chi connectivity index (χ4v) is 6.19. The van der Waals surface area contributed by atoms with E-state index in [0.29, 0.717) is 23.2 Å². The molecule has 37 heavy (non-hydrogen) atoms. The number of benzene rings is 3. The maximum absolute atomic E-state index is 14.0. The quantitative estimate of drug-likeness (QED) is 0.390. The molecule has 3 aromatic carbocycles. The van der Waals surface area contributed by atoms with Crippen LogP contribution >= 0.6 is 28.1 Å². The van der Waals surface area contributed by atoms with Crippen molar-refractivity contribution in [2.45, 2.75) is 39.1 Å². The second-order valence-electron chi connectivity index (χ2n) is 9.83. The number of thiocarbonyl (C=S) groups is 1. The molecule has 3 aliphatic rings. The van der Waals surface area contributed by atoms with Crippen molar-refractivity contribution in [3.8, 4) is 17.2 Å². The Bertz CT molecular complexity index is 1450. The van der Waals surface area contributed by atoms with E-state index in [1.165, 1.54) is 0 Å². The zero-order valence-electron chi connectivity index (χ0n) is 20.6. The number of anilines is 1. The highest BCUT2D eigenvalue weighted by Gasteiger charge is 2.58. The highest BCUT2D eigenvalue weighted by atomic mass is 79.9. The molecule has 9 heteroatoms. The van der Waals surface area contributed by atoms with Crippen molar-refractivity contribution < 1.29 is 19.0 Å². The van der Waals surface area contributed by atoms with Crippen molar-refractivity contribution in [2.24, 2.45) is 5.92 Å². The Morgan fingerprint density at radius 3 is 2.70 bits per heavy atom. The van der Waals surface area contributed by atoms with Gasteiger partial charge in [0.15, 0.2) is 22.3 Å². The zero-order valence-corrected chi connectivity index (χ0v) is 23.0. The average Bonchev–Trinajstić information content (AvgIpc) is 3.32. The highest BCUT2D eigenvalue weighted by Crippen LogP contribution is 2.50. The third-order valence-corrected chi connectivity index (χ3v) is 8.13. The molecule has 7 nitrogen and oxygen atoms in total. The molecule has 1 amide bonds. The van der Waals surface area contributed by atoms with E-state index in [0.717, 1.165) is 38.2 Å². The summed E-state index contributed by atoms with van der Waals surface area (Å²) in [5.74, 6) is 1.39.